The first-order chi connectivity index (χ1) is 12.9. The minimum Gasteiger partial charge on any atom is -0.392 e. The molecule has 27 heavy (non-hydrogen) atoms. The normalized spacial score (nSPS) is 17.3. The molecule has 2 rings (SSSR count). The number of para-hydroxylation sites is 1. The summed E-state index contributed by atoms with van der Waals surface area (Å²) in [7, 11) is 0. The first-order valence-corrected chi connectivity index (χ1v) is 10.2. The van der Waals surface area contributed by atoms with Gasteiger partial charge in [0.05, 0.1) is 11.7 Å². The maximum absolute atomic E-state index is 13.2. The van der Waals surface area contributed by atoms with E-state index in [1.165, 1.54) is 38.2 Å². The van der Waals surface area contributed by atoms with E-state index < -0.39 is 11.7 Å². The van der Waals surface area contributed by atoms with Gasteiger partial charge in [-0.05, 0) is 18.6 Å². The summed E-state index contributed by atoms with van der Waals surface area (Å²) < 4.78 is 39.6. The molecule has 3 nitrogen and oxygen atoms in total. The first-order valence-electron chi connectivity index (χ1n) is 10.2. The van der Waals surface area contributed by atoms with Crippen LogP contribution in [0, 0.1) is 0 Å². The SMILES string of the molecule is CCCCCCCCC(O)CN1CCN(c2ccccc2C(F)(F)F)CC1. The molecule has 0 radical (unpaired) electrons. The fourth-order valence-electron chi connectivity index (χ4n) is 3.71. The quantitative estimate of drug-likeness (QED) is 0.577. The molecule has 1 heterocycles. The van der Waals surface area contributed by atoms with Crippen molar-refractivity contribution in [2.45, 2.75) is 64.1 Å². The van der Waals surface area contributed by atoms with E-state index in [0.717, 1.165) is 18.9 Å². The summed E-state index contributed by atoms with van der Waals surface area (Å²) in [4.78, 5) is 3.97. The third-order valence-corrected chi connectivity index (χ3v) is 5.28. The van der Waals surface area contributed by atoms with Crippen LogP contribution in [0.1, 0.15) is 57.4 Å². The van der Waals surface area contributed by atoms with Crippen molar-refractivity contribution in [2.24, 2.45) is 0 Å². The van der Waals surface area contributed by atoms with Crippen molar-refractivity contribution in [3.63, 3.8) is 0 Å². The number of benzene rings is 1. The summed E-state index contributed by atoms with van der Waals surface area (Å²) in [6.45, 7) is 5.28. The van der Waals surface area contributed by atoms with Crippen molar-refractivity contribution < 1.29 is 18.3 Å². The maximum Gasteiger partial charge on any atom is 0.418 e. The van der Waals surface area contributed by atoms with Gasteiger partial charge in [0.25, 0.3) is 0 Å². The van der Waals surface area contributed by atoms with Crippen LogP contribution in [-0.4, -0.2) is 48.8 Å². The summed E-state index contributed by atoms with van der Waals surface area (Å²) in [6, 6.07) is 5.78. The lowest BCUT2D eigenvalue weighted by Crippen LogP contribution is -2.49. The number of aliphatic hydroxyl groups is 1. The van der Waals surface area contributed by atoms with Crippen LogP contribution in [0.25, 0.3) is 0 Å². The lowest BCUT2D eigenvalue weighted by Gasteiger charge is -2.37. The van der Waals surface area contributed by atoms with Gasteiger partial charge < -0.3 is 10.0 Å². The molecule has 0 bridgehead atoms. The zero-order valence-corrected chi connectivity index (χ0v) is 16.3. The van der Waals surface area contributed by atoms with Gasteiger partial charge in [0.1, 0.15) is 0 Å². The van der Waals surface area contributed by atoms with E-state index in [9.17, 15) is 18.3 Å². The number of alkyl halides is 3. The first kappa shape index (κ1) is 22.0. The summed E-state index contributed by atoms with van der Waals surface area (Å²) in [5.41, 5.74) is -0.307. The summed E-state index contributed by atoms with van der Waals surface area (Å²) in [5.74, 6) is 0. The average molecular weight is 387 g/mol. The Balaban J connectivity index is 1.73. The molecule has 1 aromatic carbocycles. The van der Waals surface area contributed by atoms with Crippen molar-refractivity contribution in [3.8, 4) is 0 Å². The van der Waals surface area contributed by atoms with Crippen LogP contribution in [0.2, 0.25) is 0 Å². The highest BCUT2D eigenvalue weighted by Crippen LogP contribution is 2.36. The third-order valence-electron chi connectivity index (χ3n) is 5.28. The molecule has 1 aliphatic rings. The van der Waals surface area contributed by atoms with Crippen LogP contribution >= 0.6 is 0 Å². The van der Waals surface area contributed by atoms with Gasteiger partial charge in [-0.15, -0.1) is 0 Å². The van der Waals surface area contributed by atoms with Crippen LogP contribution in [0.4, 0.5) is 18.9 Å². The fraction of sp³-hybridized carbons (Fsp3) is 0.714. The Morgan fingerprint density at radius 2 is 1.59 bits per heavy atom. The molecule has 154 valence electrons. The molecule has 6 heteroatoms. The number of hydrogen-bond donors (Lipinski definition) is 1. The van der Waals surface area contributed by atoms with E-state index in [0.29, 0.717) is 32.7 Å². The van der Waals surface area contributed by atoms with E-state index in [-0.39, 0.29) is 11.8 Å². The molecule has 1 aromatic rings. The van der Waals surface area contributed by atoms with Crippen molar-refractivity contribution in [3.05, 3.63) is 29.8 Å². The average Bonchev–Trinajstić information content (AvgIpc) is 2.64. The van der Waals surface area contributed by atoms with E-state index >= 15 is 0 Å². The summed E-state index contributed by atoms with van der Waals surface area (Å²) >= 11 is 0. The number of halogens is 3. The van der Waals surface area contributed by atoms with E-state index in [1.54, 1.807) is 17.0 Å². The Kier molecular flexibility index (Phi) is 8.90. The molecule has 0 spiro atoms. The Morgan fingerprint density at radius 3 is 2.26 bits per heavy atom. The highest BCUT2D eigenvalue weighted by atomic mass is 19.4. The largest absolute Gasteiger partial charge is 0.418 e. The molecular weight excluding hydrogens is 353 g/mol. The molecule has 0 aromatic heterocycles. The topological polar surface area (TPSA) is 26.7 Å². The predicted molar refractivity (Wildman–Crippen MR) is 104 cm³/mol. The van der Waals surface area contributed by atoms with Crippen LogP contribution in [0.15, 0.2) is 24.3 Å². The lowest BCUT2D eigenvalue weighted by molar-refractivity contribution is -0.137. The van der Waals surface area contributed by atoms with Crippen molar-refractivity contribution in [2.75, 3.05) is 37.6 Å². The van der Waals surface area contributed by atoms with Gasteiger partial charge in [-0.2, -0.15) is 13.2 Å². The number of nitrogens with zero attached hydrogens (tertiary/aromatic N) is 2. The van der Waals surface area contributed by atoms with E-state index in [2.05, 4.69) is 11.8 Å². The molecule has 1 N–H and O–H groups in total. The Hall–Kier alpha value is -1.27. The minimum atomic E-state index is -4.33. The highest BCUT2D eigenvalue weighted by molar-refractivity contribution is 5.55. The summed E-state index contributed by atoms with van der Waals surface area (Å²) in [6.07, 6.45) is 3.37. The standard InChI is InChI=1S/C21H33F3N2O/c1-2-3-4-5-6-7-10-18(27)17-25-13-15-26(16-14-25)20-12-9-8-11-19(20)21(22,23)24/h8-9,11-12,18,27H,2-7,10,13-17H2,1H3. The lowest BCUT2D eigenvalue weighted by atomic mass is 10.1. The number of hydrogen-bond acceptors (Lipinski definition) is 3. The molecule has 0 saturated carbocycles. The van der Waals surface area contributed by atoms with Crippen molar-refractivity contribution in [1.29, 1.82) is 0 Å². The molecular formula is C21H33F3N2O. The second-order valence-electron chi connectivity index (χ2n) is 7.51. The Labute approximate surface area is 161 Å². The van der Waals surface area contributed by atoms with Crippen LogP contribution < -0.4 is 4.90 Å². The van der Waals surface area contributed by atoms with Gasteiger partial charge in [0.2, 0.25) is 0 Å². The molecule has 0 amide bonds. The fourth-order valence-corrected chi connectivity index (χ4v) is 3.71. The zero-order valence-electron chi connectivity index (χ0n) is 16.3. The number of anilines is 1. The van der Waals surface area contributed by atoms with Gasteiger partial charge in [-0.25, -0.2) is 0 Å². The van der Waals surface area contributed by atoms with Gasteiger partial charge >= 0.3 is 6.18 Å². The number of aliphatic hydroxyl groups excluding tert-OH is 1. The van der Waals surface area contributed by atoms with Gasteiger partial charge in [-0.3, -0.25) is 4.90 Å². The van der Waals surface area contributed by atoms with Crippen molar-refractivity contribution in [1.82, 2.24) is 4.90 Å². The monoisotopic (exact) mass is 386 g/mol. The number of unbranched alkanes of at least 4 members (excludes halogenated alkanes) is 5. The molecule has 1 fully saturated rings. The number of rotatable bonds is 10. The predicted octanol–water partition coefficient (Wildman–Crippen LogP) is 4.94. The van der Waals surface area contributed by atoms with Gasteiger partial charge in [0, 0.05) is 38.4 Å². The van der Waals surface area contributed by atoms with E-state index in [1.807, 2.05) is 0 Å². The Morgan fingerprint density at radius 1 is 0.963 bits per heavy atom. The second kappa shape index (κ2) is 10.9. The number of β-amino-alcohol motifs (C(OH)–C–C–N with tert-alkyl or cyclic N) is 1. The Bertz CT molecular complexity index is 542. The minimum absolute atomic E-state index is 0.261. The molecule has 1 saturated heterocycles. The molecule has 1 atom stereocenters. The molecule has 1 aliphatic heterocycles. The van der Waals surface area contributed by atoms with Crippen LogP contribution in [0.3, 0.4) is 0 Å². The summed E-state index contributed by atoms with van der Waals surface area (Å²) in [5, 5.41) is 10.2. The third kappa shape index (κ3) is 7.34. The van der Waals surface area contributed by atoms with Crippen LogP contribution in [0.5, 0.6) is 0 Å². The molecule has 0 aliphatic carbocycles. The maximum atomic E-state index is 13.2. The highest BCUT2D eigenvalue weighted by Gasteiger charge is 2.35. The van der Waals surface area contributed by atoms with Crippen molar-refractivity contribution >= 4 is 5.69 Å². The smallest absolute Gasteiger partial charge is 0.392 e. The zero-order chi connectivity index (χ0) is 19.7. The van der Waals surface area contributed by atoms with E-state index in [4.69, 9.17) is 0 Å². The molecule has 1 unspecified atom stereocenters. The second-order valence-corrected chi connectivity index (χ2v) is 7.51. The van der Waals surface area contributed by atoms with Gasteiger partial charge in [0.15, 0.2) is 0 Å². The van der Waals surface area contributed by atoms with Gasteiger partial charge in [-0.1, -0.05) is 57.6 Å². The van der Waals surface area contributed by atoms with Crippen LogP contribution in [-0.2, 0) is 6.18 Å². The number of piperazine rings is 1.